The molecule has 2 saturated heterocycles. The summed E-state index contributed by atoms with van der Waals surface area (Å²) in [6.45, 7) is 9.12. The van der Waals surface area contributed by atoms with Gasteiger partial charge in [-0.25, -0.2) is 18.7 Å². The number of hydrogen-bond acceptors (Lipinski definition) is 13. The summed E-state index contributed by atoms with van der Waals surface area (Å²) in [7, 11) is 0. The van der Waals surface area contributed by atoms with Crippen molar-refractivity contribution in [2.45, 2.75) is 96.1 Å². The highest BCUT2D eigenvalue weighted by Crippen LogP contribution is 2.41. The van der Waals surface area contributed by atoms with Gasteiger partial charge in [0.25, 0.3) is 11.8 Å². The van der Waals surface area contributed by atoms with Crippen molar-refractivity contribution in [1.29, 1.82) is 0 Å². The molecule has 2 aliphatic heterocycles. The number of aliphatic hydroxyl groups is 1. The van der Waals surface area contributed by atoms with Gasteiger partial charge in [0.2, 0.25) is 23.5 Å². The van der Waals surface area contributed by atoms with Crippen LogP contribution in [0.3, 0.4) is 0 Å². The highest BCUT2D eigenvalue weighted by atomic mass is 32.1. The summed E-state index contributed by atoms with van der Waals surface area (Å²) in [6, 6.07) is 6.48. The van der Waals surface area contributed by atoms with Crippen molar-refractivity contribution in [2.24, 2.45) is 5.41 Å². The molecule has 1 aliphatic carbocycles. The van der Waals surface area contributed by atoms with Crippen molar-refractivity contribution in [3.63, 3.8) is 0 Å². The van der Waals surface area contributed by atoms with Gasteiger partial charge in [-0.3, -0.25) is 24.0 Å². The summed E-state index contributed by atoms with van der Waals surface area (Å²) in [5.41, 5.74) is 1.80. The smallest absolute Gasteiger partial charge is 0.258 e. The standard InChI is InChI=1S/C47H57F3N8O8S2/c1-27-40(68-26-53-27)29-9-7-28(8-10-29)33(54-42(62)35-21-30(59)23-58(35)43(63)41(46(2,3)4)56-44(64)47(50)13-14-47)22-36(60)51-15-5-6-16-52-37(61)24-66-39-31(11-12-32(48)38(39)49)34-25-67-45(55-34)57-17-19-65-20-18-57/h7-12,25-26,30,33,35,41,59H,5-6,13-24H2,1-4H3,(H,51,60)(H,52,61)(H,54,62)(H,56,64)/t30-,33?,35?,41-/m1/s1. The van der Waals surface area contributed by atoms with Crippen LogP contribution in [0.5, 0.6) is 5.75 Å². The van der Waals surface area contributed by atoms with Crippen LogP contribution < -0.4 is 30.9 Å². The van der Waals surface area contributed by atoms with Crippen LogP contribution in [0.2, 0.25) is 0 Å². The number of aliphatic hydroxyl groups excluding tert-OH is 1. The maximum atomic E-state index is 15.0. The van der Waals surface area contributed by atoms with Gasteiger partial charge in [0.15, 0.2) is 29.0 Å². The Balaban J connectivity index is 0.928. The Labute approximate surface area is 400 Å². The largest absolute Gasteiger partial charge is 0.480 e. The minimum Gasteiger partial charge on any atom is -0.480 e. The van der Waals surface area contributed by atoms with Gasteiger partial charge in [0, 0.05) is 50.1 Å². The molecule has 5 N–H and O–H groups in total. The fourth-order valence-corrected chi connectivity index (χ4v) is 9.69. The fourth-order valence-electron chi connectivity index (χ4n) is 8.00. The highest BCUT2D eigenvalue weighted by molar-refractivity contribution is 7.14. The highest BCUT2D eigenvalue weighted by Gasteiger charge is 2.53. The zero-order valence-corrected chi connectivity index (χ0v) is 40.0. The summed E-state index contributed by atoms with van der Waals surface area (Å²) in [4.78, 5) is 80.3. The molecule has 0 radical (unpaired) electrons. The van der Waals surface area contributed by atoms with Crippen molar-refractivity contribution in [2.75, 3.05) is 57.4 Å². The number of nitrogens with zero attached hydrogens (tertiary/aromatic N) is 4. The van der Waals surface area contributed by atoms with Gasteiger partial charge >= 0.3 is 0 Å². The number of β-amino-alcohol motifs (C(OH)–C–C–N with tert-alkyl or cyclic N) is 1. The first-order valence-electron chi connectivity index (χ1n) is 22.6. The third-order valence-corrected chi connectivity index (χ3v) is 13.9. The molecule has 1 saturated carbocycles. The number of halogens is 3. The van der Waals surface area contributed by atoms with Crippen LogP contribution in [-0.4, -0.2) is 126 Å². The summed E-state index contributed by atoms with van der Waals surface area (Å²) < 4.78 is 55.0. The Morgan fingerprint density at radius 2 is 1.66 bits per heavy atom. The van der Waals surface area contributed by atoms with Gasteiger partial charge in [-0.15, -0.1) is 22.7 Å². The van der Waals surface area contributed by atoms with E-state index in [4.69, 9.17) is 9.47 Å². The van der Waals surface area contributed by atoms with E-state index in [0.717, 1.165) is 22.2 Å². The van der Waals surface area contributed by atoms with Crippen molar-refractivity contribution in [3.05, 3.63) is 70.2 Å². The van der Waals surface area contributed by atoms with E-state index in [1.165, 1.54) is 33.6 Å². The van der Waals surface area contributed by atoms with Gasteiger partial charge < -0.3 is 45.6 Å². The molecule has 3 fully saturated rings. The number of carbonyl (C=O) groups is 5. The third kappa shape index (κ3) is 12.3. The number of anilines is 1. The average Bonchev–Trinajstić information content (AvgIpc) is 3.61. The number of aromatic nitrogens is 2. The number of morpholine rings is 1. The Morgan fingerprint density at radius 3 is 2.31 bits per heavy atom. The number of thiazole rings is 2. The topological polar surface area (TPSA) is 204 Å². The molecule has 4 heterocycles. The fraction of sp³-hybridized carbons (Fsp3) is 0.511. The predicted molar refractivity (Wildman–Crippen MR) is 250 cm³/mol. The summed E-state index contributed by atoms with van der Waals surface area (Å²) in [5.74, 6) is -5.87. The lowest BCUT2D eigenvalue weighted by Gasteiger charge is -2.36. The van der Waals surface area contributed by atoms with Crippen LogP contribution in [-0.2, 0) is 28.7 Å². The van der Waals surface area contributed by atoms with Crippen LogP contribution >= 0.6 is 22.7 Å². The Morgan fingerprint density at radius 1 is 0.971 bits per heavy atom. The normalized spacial score (nSPS) is 18.6. The summed E-state index contributed by atoms with van der Waals surface area (Å²) >= 11 is 2.83. The van der Waals surface area contributed by atoms with Crippen LogP contribution in [0.25, 0.3) is 21.7 Å². The number of amides is 5. The summed E-state index contributed by atoms with van der Waals surface area (Å²) in [5, 5.41) is 24.2. The van der Waals surface area contributed by atoms with E-state index in [1.54, 1.807) is 43.8 Å². The first kappa shape index (κ1) is 50.2. The van der Waals surface area contributed by atoms with Crippen LogP contribution in [0.1, 0.15) is 76.6 Å². The summed E-state index contributed by atoms with van der Waals surface area (Å²) in [6.07, 6.45) is -0.300. The molecule has 366 valence electrons. The molecule has 5 amide bonds. The molecule has 16 nitrogen and oxygen atoms in total. The van der Waals surface area contributed by atoms with Gasteiger partial charge in [-0.1, -0.05) is 45.0 Å². The van der Waals surface area contributed by atoms with E-state index in [-0.39, 0.29) is 50.9 Å². The van der Waals surface area contributed by atoms with Gasteiger partial charge in [-0.2, -0.15) is 4.39 Å². The number of unbranched alkanes of at least 4 members (excludes halogenated alkanes) is 1. The number of nitrogens with one attached hydrogen (secondary N) is 4. The lowest BCUT2D eigenvalue weighted by molar-refractivity contribution is -0.145. The van der Waals surface area contributed by atoms with E-state index >= 15 is 4.39 Å². The minimum atomic E-state index is -2.03. The van der Waals surface area contributed by atoms with E-state index in [9.17, 15) is 37.9 Å². The molecule has 2 unspecified atom stereocenters. The molecule has 21 heteroatoms. The SMILES string of the molecule is Cc1ncsc1-c1ccc(C(CC(=O)NCCCCNC(=O)COc2c(-c3csc(N4CCOCC4)n3)ccc(F)c2F)NC(=O)C2C[C@@H](O)CN2C(=O)[C@@H](NC(=O)C2(F)CC2)C(C)(C)C)cc1. The number of alkyl halides is 1. The molecule has 3 aliphatic rings. The molecular weight excluding hydrogens is 926 g/mol. The molecule has 0 spiro atoms. The molecule has 4 aromatic rings. The lowest BCUT2D eigenvalue weighted by atomic mass is 9.85. The Kier molecular flexibility index (Phi) is 16.1. The van der Waals surface area contributed by atoms with E-state index < -0.39 is 88.8 Å². The monoisotopic (exact) mass is 982 g/mol. The first-order chi connectivity index (χ1) is 32.4. The number of hydrogen-bond donors (Lipinski definition) is 5. The van der Waals surface area contributed by atoms with Gasteiger partial charge in [-0.05, 0) is 61.3 Å². The second-order valence-electron chi connectivity index (χ2n) is 18.3. The molecule has 68 heavy (non-hydrogen) atoms. The molecule has 7 rings (SSSR count). The average molecular weight is 983 g/mol. The van der Waals surface area contributed by atoms with Crippen LogP contribution in [0.4, 0.5) is 18.3 Å². The number of carbonyl (C=O) groups excluding carboxylic acids is 5. The second kappa shape index (κ2) is 21.8. The molecule has 2 aromatic heterocycles. The number of aryl methyl sites for hydroxylation is 1. The van der Waals surface area contributed by atoms with Gasteiger partial charge in [0.1, 0.15) is 12.1 Å². The molecule has 2 aromatic carbocycles. The third-order valence-electron chi connectivity index (χ3n) is 12.1. The zero-order chi connectivity index (χ0) is 48.8. The quantitative estimate of drug-likeness (QED) is 0.0793. The minimum absolute atomic E-state index is 0.0591. The predicted octanol–water partition coefficient (Wildman–Crippen LogP) is 4.99. The lowest BCUT2D eigenvalue weighted by Crippen LogP contribution is -2.59. The Bertz CT molecular complexity index is 2450. The van der Waals surface area contributed by atoms with Crippen LogP contribution in [0, 0.1) is 24.0 Å². The molecular formula is C47H57F3N8O8S2. The van der Waals surface area contributed by atoms with Crippen molar-refractivity contribution in [1.82, 2.24) is 36.1 Å². The van der Waals surface area contributed by atoms with Crippen molar-refractivity contribution >= 4 is 57.3 Å². The van der Waals surface area contributed by atoms with Crippen molar-refractivity contribution < 1.29 is 51.7 Å². The van der Waals surface area contributed by atoms with E-state index in [0.29, 0.717) is 55.5 Å². The van der Waals surface area contributed by atoms with E-state index in [2.05, 4.69) is 31.2 Å². The van der Waals surface area contributed by atoms with E-state index in [1.807, 2.05) is 24.0 Å². The number of ether oxygens (including phenoxy) is 2. The second-order valence-corrected chi connectivity index (χ2v) is 20.0. The molecule has 4 atom stereocenters. The number of likely N-dealkylation sites (tertiary alicyclic amines) is 1. The zero-order valence-electron chi connectivity index (χ0n) is 38.4. The maximum Gasteiger partial charge on any atom is 0.258 e. The number of rotatable bonds is 19. The van der Waals surface area contributed by atoms with Gasteiger partial charge in [0.05, 0.1) is 53.6 Å². The first-order valence-corrected chi connectivity index (χ1v) is 24.4. The van der Waals surface area contributed by atoms with Crippen molar-refractivity contribution in [3.8, 4) is 27.4 Å². The molecule has 0 bridgehead atoms. The Hall–Kier alpha value is -5.64. The maximum absolute atomic E-state index is 15.0. The number of benzene rings is 2. The van der Waals surface area contributed by atoms with Crippen LogP contribution in [0.15, 0.2) is 47.3 Å².